The lowest BCUT2D eigenvalue weighted by molar-refractivity contribution is 0.0946. The van der Waals surface area contributed by atoms with Crippen molar-refractivity contribution < 1.29 is 13.2 Å². The molecule has 1 amide bonds. The number of benzene rings is 1. The number of rotatable bonds is 3. The summed E-state index contributed by atoms with van der Waals surface area (Å²) >= 11 is 0. The molecule has 2 aromatic rings. The minimum absolute atomic E-state index is 0.0534. The molecule has 2 heterocycles. The van der Waals surface area contributed by atoms with E-state index in [1.54, 1.807) is 6.07 Å². The van der Waals surface area contributed by atoms with Gasteiger partial charge in [-0.15, -0.1) is 0 Å². The summed E-state index contributed by atoms with van der Waals surface area (Å²) in [6.07, 6.45) is 1.40. The van der Waals surface area contributed by atoms with Crippen LogP contribution in [0.15, 0.2) is 58.7 Å². The maximum Gasteiger partial charge on any atom is 0.261 e. The number of aromatic nitrogens is 1. The summed E-state index contributed by atoms with van der Waals surface area (Å²) in [4.78, 5) is 26.9. The van der Waals surface area contributed by atoms with Crippen molar-refractivity contribution in [3.05, 3.63) is 69.9 Å². The summed E-state index contributed by atoms with van der Waals surface area (Å²) in [5.41, 5.74) is 0.868. The highest BCUT2D eigenvalue weighted by Crippen LogP contribution is 2.15. The highest BCUT2D eigenvalue weighted by atomic mass is 32.2. The summed E-state index contributed by atoms with van der Waals surface area (Å²) in [5, 5.41) is 3.60. The van der Waals surface area contributed by atoms with Gasteiger partial charge < -0.3 is 10.3 Å². The molecule has 1 atom stereocenters. The maximum atomic E-state index is 12.1. The maximum absolute atomic E-state index is 12.1. The number of sulfone groups is 1. The minimum Gasteiger partial charge on any atom is -0.345 e. The molecule has 3 rings (SSSR count). The van der Waals surface area contributed by atoms with Crippen LogP contribution in [0.4, 0.5) is 0 Å². The largest absolute Gasteiger partial charge is 0.345 e. The van der Waals surface area contributed by atoms with Gasteiger partial charge in [0.1, 0.15) is 5.56 Å². The third kappa shape index (κ3) is 3.40. The zero-order valence-corrected chi connectivity index (χ0v) is 12.8. The molecule has 1 aliphatic rings. The van der Waals surface area contributed by atoms with Crippen molar-refractivity contribution in [3.63, 3.8) is 0 Å². The molecule has 1 aromatic heterocycles. The second-order valence-corrected chi connectivity index (χ2v) is 7.15. The number of H-pyrrole nitrogens is 1. The number of hydrogen-bond acceptors (Lipinski definition) is 4. The molecule has 1 aliphatic heterocycles. The van der Waals surface area contributed by atoms with E-state index in [9.17, 15) is 18.0 Å². The molecule has 0 spiro atoms. The fraction of sp³-hybridized carbons (Fsp3) is 0.125. The van der Waals surface area contributed by atoms with Gasteiger partial charge in [-0.25, -0.2) is 8.42 Å². The van der Waals surface area contributed by atoms with E-state index in [2.05, 4.69) is 10.3 Å². The van der Waals surface area contributed by atoms with Gasteiger partial charge >= 0.3 is 0 Å². The molecule has 0 aliphatic carbocycles. The summed E-state index contributed by atoms with van der Waals surface area (Å²) < 4.78 is 22.6. The molecular formula is C16H14N2O4S. The Balaban J connectivity index is 1.80. The average molecular weight is 330 g/mol. The van der Waals surface area contributed by atoms with Gasteiger partial charge in [0.2, 0.25) is 0 Å². The van der Waals surface area contributed by atoms with Crippen LogP contribution >= 0.6 is 0 Å². The summed E-state index contributed by atoms with van der Waals surface area (Å²) in [6.45, 7) is 0. The molecule has 23 heavy (non-hydrogen) atoms. The first-order valence-corrected chi connectivity index (χ1v) is 8.67. The van der Waals surface area contributed by atoms with Crippen LogP contribution in [-0.4, -0.2) is 31.1 Å². The van der Waals surface area contributed by atoms with Crippen molar-refractivity contribution in [1.29, 1.82) is 0 Å². The number of nitrogens with one attached hydrogen (secondary N) is 2. The lowest BCUT2D eigenvalue weighted by Crippen LogP contribution is -2.38. The Morgan fingerprint density at radius 2 is 1.87 bits per heavy atom. The van der Waals surface area contributed by atoms with Gasteiger partial charge in [-0.3, -0.25) is 9.59 Å². The minimum atomic E-state index is -3.26. The lowest BCUT2D eigenvalue weighted by Gasteiger charge is -2.10. The van der Waals surface area contributed by atoms with E-state index < -0.39 is 27.3 Å². The second kappa shape index (κ2) is 5.85. The van der Waals surface area contributed by atoms with Crippen molar-refractivity contribution in [1.82, 2.24) is 10.3 Å². The Hall–Kier alpha value is -2.67. The molecular weight excluding hydrogens is 316 g/mol. The topological polar surface area (TPSA) is 96.1 Å². The zero-order valence-electron chi connectivity index (χ0n) is 12.0. The van der Waals surface area contributed by atoms with E-state index in [1.165, 1.54) is 12.1 Å². The van der Waals surface area contributed by atoms with Crippen molar-refractivity contribution >= 4 is 15.7 Å². The fourth-order valence-corrected chi connectivity index (χ4v) is 3.59. The Bertz CT molecular complexity index is 930. The predicted octanol–water partition coefficient (Wildman–Crippen LogP) is 1.08. The van der Waals surface area contributed by atoms with Gasteiger partial charge in [-0.2, -0.15) is 0 Å². The first-order chi connectivity index (χ1) is 10.9. The van der Waals surface area contributed by atoms with E-state index in [4.69, 9.17) is 0 Å². The van der Waals surface area contributed by atoms with Gasteiger partial charge in [-0.1, -0.05) is 30.3 Å². The number of pyridine rings is 1. The molecule has 1 aromatic carbocycles. The zero-order chi connectivity index (χ0) is 16.4. The first-order valence-electron chi connectivity index (χ1n) is 6.95. The van der Waals surface area contributed by atoms with E-state index in [0.717, 1.165) is 11.0 Å². The van der Waals surface area contributed by atoms with Gasteiger partial charge in [-0.05, 0) is 23.8 Å². The second-order valence-electron chi connectivity index (χ2n) is 5.22. The highest BCUT2D eigenvalue weighted by Gasteiger charge is 2.24. The van der Waals surface area contributed by atoms with E-state index >= 15 is 0 Å². The molecule has 7 heteroatoms. The van der Waals surface area contributed by atoms with Crippen molar-refractivity contribution in [2.75, 3.05) is 5.75 Å². The third-order valence-electron chi connectivity index (χ3n) is 3.49. The number of carbonyl (C=O) groups is 1. The smallest absolute Gasteiger partial charge is 0.261 e. The van der Waals surface area contributed by atoms with E-state index in [0.29, 0.717) is 5.69 Å². The van der Waals surface area contributed by atoms with Crippen LogP contribution in [0.1, 0.15) is 10.4 Å². The lowest BCUT2D eigenvalue weighted by atomic mass is 10.1. The monoisotopic (exact) mass is 330 g/mol. The van der Waals surface area contributed by atoms with Gasteiger partial charge in [0.05, 0.1) is 11.8 Å². The Kier molecular flexibility index (Phi) is 3.87. The average Bonchev–Trinajstić information content (AvgIpc) is 2.86. The first kappa shape index (κ1) is 15.2. The summed E-state index contributed by atoms with van der Waals surface area (Å²) in [5.74, 6) is -0.781. The van der Waals surface area contributed by atoms with Gasteiger partial charge in [0.15, 0.2) is 9.84 Å². The molecule has 118 valence electrons. The molecule has 0 saturated carbocycles. The predicted molar refractivity (Wildman–Crippen MR) is 86.7 cm³/mol. The van der Waals surface area contributed by atoms with Crippen LogP contribution in [0, 0.1) is 0 Å². The SMILES string of the molecule is O=C(N[C@H]1C=CS(=O)(=O)C1)c1ccc(-c2ccccc2)[nH]c1=O. The molecule has 2 N–H and O–H groups in total. The molecule has 0 bridgehead atoms. The van der Waals surface area contributed by atoms with Crippen LogP contribution in [0.25, 0.3) is 11.3 Å². The normalized spacial score (nSPS) is 18.7. The van der Waals surface area contributed by atoms with Crippen LogP contribution < -0.4 is 10.9 Å². The van der Waals surface area contributed by atoms with Gasteiger partial charge in [0.25, 0.3) is 11.5 Å². The Labute approximate surface area is 132 Å². The highest BCUT2D eigenvalue weighted by molar-refractivity contribution is 7.94. The Morgan fingerprint density at radius 3 is 2.48 bits per heavy atom. The molecule has 0 radical (unpaired) electrons. The van der Waals surface area contributed by atoms with Crippen molar-refractivity contribution in [2.24, 2.45) is 0 Å². The Morgan fingerprint density at radius 1 is 1.13 bits per heavy atom. The fourth-order valence-electron chi connectivity index (χ4n) is 2.35. The van der Waals surface area contributed by atoms with E-state index in [1.807, 2.05) is 30.3 Å². The van der Waals surface area contributed by atoms with Crippen LogP contribution in [0.3, 0.4) is 0 Å². The van der Waals surface area contributed by atoms with E-state index in [-0.39, 0.29) is 11.3 Å². The van der Waals surface area contributed by atoms with Gasteiger partial charge in [0, 0.05) is 11.1 Å². The molecule has 0 saturated heterocycles. The van der Waals surface area contributed by atoms with Crippen LogP contribution in [0.2, 0.25) is 0 Å². The number of carbonyl (C=O) groups excluding carboxylic acids is 1. The molecule has 0 unspecified atom stereocenters. The van der Waals surface area contributed by atoms with Crippen molar-refractivity contribution in [2.45, 2.75) is 6.04 Å². The van der Waals surface area contributed by atoms with Crippen LogP contribution in [0.5, 0.6) is 0 Å². The summed E-state index contributed by atoms with van der Waals surface area (Å²) in [6, 6.07) is 11.7. The molecule has 6 nitrogen and oxygen atoms in total. The van der Waals surface area contributed by atoms with Crippen molar-refractivity contribution in [3.8, 4) is 11.3 Å². The quantitative estimate of drug-likeness (QED) is 0.880. The third-order valence-corrected chi connectivity index (χ3v) is 4.88. The number of aromatic amines is 1. The summed E-state index contributed by atoms with van der Waals surface area (Å²) in [7, 11) is -3.26. The van der Waals surface area contributed by atoms with Crippen LogP contribution in [-0.2, 0) is 9.84 Å². The molecule has 0 fully saturated rings. The standard InChI is InChI=1S/C16H14N2O4S/c19-15(17-12-8-9-23(21,22)10-12)13-6-7-14(18-16(13)20)11-4-2-1-3-5-11/h1-9,12H,10H2,(H,17,19)(H,18,20)/t12-/m0/s1. The number of amides is 1. The number of hydrogen-bond donors (Lipinski definition) is 2.